The number of nitrogens with zero attached hydrogens (tertiary/aromatic N) is 6. The van der Waals surface area contributed by atoms with Crippen molar-refractivity contribution in [3.63, 3.8) is 0 Å². The largest absolute Gasteiger partial charge is 0.510 e. The van der Waals surface area contributed by atoms with Crippen LogP contribution in [0.2, 0.25) is 0 Å². The van der Waals surface area contributed by atoms with Crippen LogP contribution < -0.4 is 16.3 Å². The molecular weight excluding hydrogens is 772 g/mol. The Bertz CT molecular complexity index is 2260. The maximum Gasteiger partial charge on any atom is 0.510 e. The lowest BCUT2D eigenvalue weighted by molar-refractivity contribution is -0.763. The van der Waals surface area contributed by atoms with E-state index in [2.05, 4.69) is 19.8 Å². The van der Waals surface area contributed by atoms with Gasteiger partial charge in [0.1, 0.15) is 13.2 Å². The van der Waals surface area contributed by atoms with Crippen molar-refractivity contribution in [3.8, 4) is 17.1 Å². The van der Waals surface area contributed by atoms with Gasteiger partial charge in [0.15, 0.2) is 5.84 Å². The third-order valence-electron chi connectivity index (χ3n) is 8.58. The van der Waals surface area contributed by atoms with Crippen molar-refractivity contribution in [2.75, 3.05) is 19.8 Å². The molecule has 0 aliphatic carbocycles. The van der Waals surface area contributed by atoms with E-state index in [1.807, 2.05) is 43.3 Å². The number of ether oxygens (including phenoxy) is 4. The van der Waals surface area contributed by atoms with E-state index in [9.17, 15) is 29.8 Å². The van der Waals surface area contributed by atoms with Gasteiger partial charge in [0.2, 0.25) is 6.23 Å². The predicted molar refractivity (Wildman–Crippen MR) is 210 cm³/mol. The number of unbranched alkanes of at least 4 members (excludes halogenated alkanes) is 1. The summed E-state index contributed by atoms with van der Waals surface area (Å²) >= 11 is 0. The Labute approximate surface area is 337 Å². The van der Waals surface area contributed by atoms with Crippen LogP contribution in [-0.2, 0) is 43.6 Å². The molecule has 1 heterocycles. The smallest absolute Gasteiger partial charge is 0.465 e. The van der Waals surface area contributed by atoms with Gasteiger partial charge >= 0.3 is 12.1 Å². The second-order valence-electron chi connectivity index (χ2n) is 12.7. The van der Waals surface area contributed by atoms with Crippen molar-refractivity contribution in [1.82, 2.24) is 14.7 Å². The highest BCUT2D eigenvalue weighted by atomic mass is 17.0. The van der Waals surface area contributed by atoms with Gasteiger partial charge in [-0.3, -0.25) is 4.57 Å². The van der Waals surface area contributed by atoms with E-state index in [1.54, 1.807) is 59.2 Å². The van der Waals surface area contributed by atoms with E-state index in [0.29, 0.717) is 65.3 Å². The van der Waals surface area contributed by atoms with Crippen LogP contribution in [0.1, 0.15) is 59.3 Å². The molecule has 59 heavy (non-hydrogen) atoms. The van der Waals surface area contributed by atoms with Crippen LogP contribution in [0.4, 0.5) is 4.79 Å². The molecular formula is C39H42N8O12. The summed E-state index contributed by atoms with van der Waals surface area (Å²) in [6.45, 7) is 3.60. The summed E-state index contributed by atoms with van der Waals surface area (Å²) in [5.41, 5.74) is 12.0. The molecule has 5 aromatic rings. The van der Waals surface area contributed by atoms with Gasteiger partial charge < -0.3 is 34.4 Å². The van der Waals surface area contributed by atoms with Gasteiger partial charge in [-0.1, -0.05) is 78.9 Å². The van der Waals surface area contributed by atoms with E-state index in [4.69, 9.17) is 30.5 Å². The number of rotatable bonds is 21. The molecule has 0 bridgehead atoms. The van der Waals surface area contributed by atoms with E-state index in [-0.39, 0.29) is 32.3 Å². The first kappa shape index (κ1) is 42.7. The van der Waals surface area contributed by atoms with Gasteiger partial charge in [0.25, 0.3) is 16.2 Å². The Balaban J connectivity index is 1.24. The van der Waals surface area contributed by atoms with Gasteiger partial charge in [-0.05, 0) is 66.6 Å². The maximum absolute atomic E-state index is 13.2. The second kappa shape index (κ2) is 20.6. The zero-order chi connectivity index (χ0) is 42.3. The monoisotopic (exact) mass is 814 g/mol. The Morgan fingerprint density at radius 2 is 1.47 bits per heavy atom. The molecule has 20 heteroatoms. The predicted octanol–water partition coefficient (Wildman–Crippen LogP) is 5.50. The lowest BCUT2D eigenvalue weighted by atomic mass is 9.98. The first-order valence-corrected chi connectivity index (χ1v) is 18.2. The van der Waals surface area contributed by atoms with Crippen LogP contribution in [0.3, 0.4) is 0 Å². The second-order valence-corrected chi connectivity index (χ2v) is 12.7. The zero-order valence-electron chi connectivity index (χ0n) is 32.1. The topological polar surface area (TPSA) is 261 Å². The van der Waals surface area contributed by atoms with Gasteiger partial charge in [-0.2, -0.15) is 10.1 Å². The third kappa shape index (κ3) is 12.0. The molecule has 4 N–H and O–H groups in total. The summed E-state index contributed by atoms with van der Waals surface area (Å²) in [6, 6.07) is 26.9. The fraction of sp³-hybridized carbons (Fsp3) is 0.282. The average Bonchev–Trinajstić information content (AvgIpc) is 3.57. The number of esters is 1. The highest BCUT2D eigenvalue weighted by Crippen LogP contribution is 2.29. The zero-order valence-corrected chi connectivity index (χ0v) is 32.1. The number of hydrogen-bond acceptors (Lipinski definition) is 16. The van der Waals surface area contributed by atoms with Crippen molar-refractivity contribution in [2.45, 2.75) is 52.7 Å². The van der Waals surface area contributed by atoms with Gasteiger partial charge in [-0.25, -0.2) is 15.4 Å². The van der Waals surface area contributed by atoms with Crippen LogP contribution in [0.5, 0.6) is 6.01 Å². The molecule has 0 radical (unpaired) electrons. The number of carbonyl (C=O) groups is 2. The molecule has 0 aliphatic heterocycles. The molecule has 0 saturated heterocycles. The number of carbonyl (C=O) groups excluding carboxylic acids is 2. The van der Waals surface area contributed by atoms with Crippen molar-refractivity contribution in [1.29, 1.82) is 0 Å². The number of amidine groups is 1. The molecule has 0 saturated carbocycles. The van der Waals surface area contributed by atoms with E-state index >= 15 is 0 Å². The van der Waals surface area contributed by atoms with Crippen molar-refractivity contribution in [3.05, 3.63) is 139 Å². The maximum atomic E-state index is 13.2. The summed E-state index contributed by atoms with van der Waals surface area (Å²) in [6.07, 6.45) is -1.35. The fourth-order valence-electron chi connectivity index (χ4n) is 5.72. The van der Waals surface area contributed by atoms with Crippen molar-refractivity contribution in [2.24, 2.45) is 16.7 Å². The lowest BCUT2D eigenvalue weighted by Gasteiger charge is -2.21. The van der Waals surface area contributed by atoms with E-state index < -0.39 is 28.5 Å². The molecule has 4 aromatic carbocycles. The average molecular weight is 815 g/mol. The minimum absolute atomic E-state index is 0.0488. The number of hydrazine groups is 1. The molecule has 0 aliphatic rings. The summed E-state index contributed by atoms with van der Waals surface area (Å²) in [5.74, 6) is 5.59. The highest BCUT2D eigenvalue weighted by Gasteiger charge is 2.21. The molecule has 0 fully saturated rings. The molecule has 310 valence electrons. The standard InChI is InChI=1S/C39H42N8O12/c1-3-54-38-42-34-12-8-11-33(37(48)55-21-6-7-22-57-46(50)51)35(34)44(38)23-27-17-19-30(20-18-27)31-9-4-5-10-32(31)36(40)43-45(41)26(2)59-39(49)56-24-28-13-15-29(16-14-28)25-58-47(52)53/h4-5,8-20,26H,3,6-7,21-25,41H2,1-2H3,(H2,40,43). The van der Waals surface area contributed by atoms with Crippen LogP contribution in [0.25, 0.3) is 22.2 Å². The Kier molecular flexibility index (Phi) is 14.9. The molecule has 1 atom stereocenters. The lowest BCUT2D eigenvalue weighted by Crippen LogP contribution is -2.40. The number of hydrogen-bond donors (Lipinski definition) is 2. The van der Waals surface area contributed by atoms with Gasteiger partial charge in [0.05, 0.1) is 43.0 Å². The highest BCUT2D eigenvalue weighted by molar-refractivity contribution is 6.03. The van der Waals surface area contributed by atoms with Crippen LogP contribution in [0, 0.1) is 20.2 Å². The van der Waals surface area contributed by atoms with E-state index in [0.717, 1.165) is 21.8 Å². The van der Waals surface area contributed by atoms with Gasteiger partial charge in [-0.15, -0.1) is 25.3 Å². The number of para-hydroxylation sites is 1. The summed E-state index contributed by atoms with van der Waals surface area (Å²) in [5, 5.41) is 24.1. The summed E-state index contributed by atoms with van der Waals surface area (Å²) in [4.78, 5) is 59.6. The summed E-state index contributed by atoms with van der Waals surface area (Å²) in [7, 11) is 0. The van der Waals surface area contributed by atoms with Crippen molar-refractivity contribution >= 4 is 29.0 Å². The molecule has 20 nitrogen and oxygen atoms in total. The molecule has 1 unspecified atom stereocenters. The normalized spacial score (nSPS) is 11.7. The number of nitrogens with two attached hydrogens (primary N) is 2. The van der Waals surface area contributed by atoms with E-state index in [1.165, 1.54) is 6.92 Å². The minimum atomic E-state index is -1.07. The first-order chi connectivity index (χ1) is 28.4. The Morgan fingerprint density at radius 3 is 2.17 bits per heavy atom. The van der Waals surface area contributed by atoms with Crippen molar-refractivity contribution < 1.29 is 48.4 Å². The number of hydrazone groups is 1. The van der Waals surface area contributed by atoms with Crippen LogP contribution >= 0.6 is 0 Å². The minimum Gasteiger partial charge on any atom is -0.465 e. The van der Waals surface area contributed by atoms with Crippen LogP contribution in [0.15, 0.2) is 96.1 Å². The molecule has 1 aromatic heterocycles. The van der Waals surface area contributed by atoms with Gasteiger partial charge in [0, 0.05) is 5.56 Å². The third-order valence-corrected chi connectivity index (χ3v) is 8.58. The Morgan fingerprint density at radius 1 is 0.831 bits per heavy atom. The molecule has 0 spiro atoms. The number of imidazole rings is 1. The van der Waals surface area contributed by atoms with Crippen LogP contribution in [-0.4, -0.2) is 68.9 Å². The summed E-state index contributed by atoms with van der Waals surface area (Å²) < 4.78 is 23.6. The SMILES string of the molecule is CCOc1nc2cccc(C(=O)OCCCCO[N+](=O)[O-])c2n1Cc1ccc(-c2ccccc2/C(N)=N/N(N)C(C)OC(=O)OCc2ccc(CO[N+](=O)[O-])cc2)cc1. The fourth-order valence-corrected chi connectivity index (χ4v) is 5.72. The number of benzene rings is 4. The quantitative estimate of drug-likeness (QED) is 0.0135. The number of fused-ring (bicyclic) bond motifs is 1. The molecule has 0 amide bonds. The first-order valence-electron chi connectivity index (χ1n) is 18.2. The Hall–Kier alpha value is -7.48. The molecule has 5 rings (SSSR count). The number of aromatic nitrogens is 2.